The fourth-order valence-corrected chi connectivity index (χ4v) is 4.88. The van der Waals surface area contributed by atoms with Crippen molar-refractivity contribution < 1.29 is 13.9 Å². The number of hydrogen-bond acceptors (Lipinski definition) is 4. The van der Waals surface area contributed by atoms with Crippen molar-refractivity contribution in [3.8, 4) is 5.75 Å². The third kappa shape index (κ3) is 3.63. The van der Waals surface area contributed by atoms with E-state index in [0.29, 0.717) is 23.4 Å². The van der Waals surface area contributed by atoms with Crippen LogP contribution in [-0.2, 0) is 4.79 Å². The zero-order valence-corrected chi connectivity index (χ0v) is 18.2. The van der Waals surface area contributed by atoms with Gasteiger partial charge in [-0.25, -0.2) is 4.39 Å². The predicted molar refractivity (Wildman–Crippen MR) is 125 cm³/mol. The molecule has 1 heterocycles. The van der Waals surface area contributed by atoms with Gasteiger partial charge < -0.3 is 15.4 Å². The lowest BCUT2D eigenvalue weighted by atomic mass is 9.78. The van der Waals surface area contributed by atoms with E-state index >= 15 is 0 Å². The van der Waals surface area contributed by atoms with E-state index in [2.05, 4.69) is 10.6 Å². The van der Waals surface area contributed by atoms with Crippen molar-refractivity contribution in [2.45, 2.75) is 24.8 Å². The summed E-state index contributed by atoms with van der Waals surface area (Å²) in [5.74, 6) is 0.327. The van der Waals surface area contributed by atoms with E-state index in [4.69, 9.17) is 16.3 Å². The number of methoxy groups -OCH3 is 1. The Labute approximate surface area is 191 Å². The van der Waals surface area contributed by atoms with Gasteiger partial charge in [0.1, 0.15) is 11.6 Å². The van der Waals surface area contributed by atoms with Gasteiger partial charge in [0, 0.05) is 28.3 Å². The smallest absolute Gasteiger partial charge is 0.163 e. The summed E-state index contributed by atoms with van der Waals surface area (Å²) in [5, 5.41) is 7.12. The fourth-order valence-electron chi connectivity index (χ4n) is 4.61. The second-order valence-corrected chi connectivity index (χ2v) is 8.48. The molecule has 2 N–H and O–H groups in total. The van der Waals surface area contributed by atoms with Crippen LogP contribution in [-0.4, -0.2) is 12.9 Å². The first-order valence-electron chi connectivity index (χ1n) is 10.5. The highest BCUT2D eigenvalue weighted by atomic mass is 35.5. The van der Waals surface area contributed by atoms with Crippen LogP contribution in [0.1, 0.15) is 35.9 Å². The summed E-state index contributed by atoms with van der Waals surface area (Å²) in [6, 6.07) is 19.4. The molecule has 0 aromatic heterocycles. The van der Waals surface area contributed by atoms with Crippen LogP contribution in [0.3, 0.4) is 0 Å². The molecule has 4 nitrogen and oxygen atoms in total. The van der Waals surface area contributed by atoms with E-state index in [-0.39, 0.29) is 17.3 Å². The van der Waals surface area contributed by atoms with Gasteiger partial charge in [0.25, 0.3) is 0 Å². The Balaban J connectivity index is 1.62. The van der Waals surface area contributed by atoms with Gasteiger partial charge in [-0.3, -0.25) is 4.79 Å². The van der Waals surface area contributed by atoms with Gasteiger partial charge in [-0.05, 0) is 54.3 Å². The molecular formula is C26H22ClFN2O2. The number of carbonyl (C=O) groups excluding carboxylic acids is 1. The third-order valence-electron chi connectivity index (χ3n) is 6.18. The van der Waals surface area contributed by atoms with Crippen LogP contribution < -0.4 is 15.4 Å². The van der Waals surface area contributed by atoms with Crippen LogP contribution in [0.2, 0.25) is 5.02 Å². The standard InChI is InChI=1S/C26H22ClFN2O2/c1-32-17-11-9-15(10-12-17)16-13-22-25(23(31)14-16)26(24-18(27)5-4-6-19(24)28)30-21-8-3-2-7-20(21)29-22/h2-12,16,26,29-30H,13-14H2,1H3/t16-,26+/m0/s1. The lowest BCUT2D eigenvalue weighted by molar-refractivity contribution is -0.116. The average molecular weight is 449 g/mol. The quantitative estimate of drug-likeness (QED) is 0.482. The van der Waals surface area contributed by atoms with Crippen molar-refractivity contribution >= 4 is 28.8 Å². The molecule has 3 aromatic rings. The molecule has 0 bridgehead atoms. The first-order valence-corrected chi connectivity index (χ1v) is 10.9. The lowest BCUT2D eigenvalue weighted by Gasteiger charge is -2.30. The van der Waals surface area contributed by atoms with E-state index in [1.807, 2.05) is 48.5 Å². The van der Waals surface area contributed by atoms with Crippen LogP contribution in [0, 0.1) is 5.82 Å². The molecule has 0 saturated carbocycles. The zero-order chi connectivity index (χ0) is 22.2. The lowest BCUT2D eigenvalue weighted by Crippen LogP contribution is -2.27. The summed E-state index contributed by atoms with van der Waals surface area (Å²) in [4.78, 5) is 13.5. The Hall–Kier alpha value is -3.31. The average Bonchev–Trinajstić information content (AvgIpc) is 2.96. The Morgan fingerprint density at radius 2 is 1.72 bits per heavy atom. The number of Topliss-reactive ketones (excluding diaryl/α,β-unsaturated/α-hetero) is 1. The van der Waals surface area contributed by atoms with Crippen molar-refractivity contribution in [3.63, 3.8) is 0 Å². The molecule has 32 heavy (non-hydrogen) atoms. The Bertz CT molecular complexity index is 1200. The highest BCUT2D eigenvalue weighted by Crippen LogP contribution is 2.45. The monoisotopic (exact) mass is 448 g/mol. The number of ether oxygens (including phenoxy) is 1. The molecular weight excluding hydrogens is 427 g/mol. The number of rotatable bonds is 3. The molecule has 0 spiro atoms. The SMILES string of the molecule is COc1ccc([C@@H]2CC(=O)C3=C(C2)Nc2ccccc2N[C@@H]3c2c(F)cccc2Cl)cc1. The summed E-state index contributed by atoms with van der Waals surface area (Å²) in [7, 11) is 1.63. The molecule has 0 unspecified atom stereocenters. The van der Waals surface area contributed by atoms with Crippen molar-refractivity contribution in [1.82, 2.24) is 0 Å². The number of benzene rings is 3. The molecule has 2 atom stereocenters. The number of fused-ring (bicyclic) bond motifs is 1. The summed E-state index contributed by atoms with van der Waals surface area (Å²) in [6.07, 6.45) is 0.972. The summed E-state index contributed by atoms with van der Waals surface area (Å²) in [6.45, 7) is 0. The molecule has 0 amide bonds. The molecule has 1 aliphatic heterocycles. The number of nitrogens with one attached hydrogen (secondary N) is 2. The first-order chi connectivity index (χ1) is 15.5. The van der Waals surface area contributed by atoms with Gasteiger partial charge >= 0.3 is 0 Å². The van der Waals surface area contributed by atoms with Gasteiger partial charge in [0.05, 0.1) is 24.5 Å². The Morgan fingerprint density at radius 3 is 2.44 bits per heavy atom. The maximum absolute atomic E-state index is 15.0. The summed E-state index contributed by atoms with van der Waals surface area (Å²) < 4.78 is 20.2. The van der Waals surface area contributed by atoms with Crippen LogP contribution in [0.5, 0.6) is 5.75 Å². The number of hydrogen-bond donors (Lipinski definition) is 2. The number of ketones is 1. The van der Waals surface area contributed by atoms with E-state index in [9.17, 15) is 9.18 Å². The number of para-hydroxylation sites is 2. The van der Waals surface area contributed by atoms with Crippen molar-refractivity contribution in [3.05, 3.63) is 100.0 Å². The van der Waals surface area contributed by atoms with Gasteiger partial charge in [-0.1, -0.05) is 41.9 Å². The van der Waals surface area contributed by atoms with Gasteiger partial charge in [0.15, 0.2) is 5.78 Å². The van der Waals surface area contributed by atoms with E-state index < -0.39 is 11.9 Å². The topological polar surface area (TPSA) is 50.4 Å². The maximum atomic E-state index is 15.0. The van der Waals surface area contributed by atoms with Crippen LogP contribution in [0.25, 0.3) is 0 Å². The van der Waals surface area contributed by atoms with E-state index in [0.717, 1.165) is 28.4 Å². The minimum Gasteiger partial charge on any atom is -0.497 e. The zero-order valence-electron chi connectivity index (χ0n) is 17.5. The summed E-state index contributed by atoms with van der Waals surface area (Å²) in [5.41, 5.74) is 4.33. The Morgan fingerprint density at radius 1 is 0.969 bits per heavy atom. The summed E-state index contributed by atoms with van der Waals surface area (Å²) >= 11 is 6.43. The van der Waals surface area contributed by atoms with Crippen LogP contribution in [0.15, 0.2) is 78.0 Å². The minimum atomic E-state index is -0.681. The number of halogens is 2. The van der Waals surface area contributed by atoms with Gasteiger partial charge in [0.2, 0.25) is 0 Å². The Kier molecular flexibility index (Phi) is 5.35. The predicted octanol–water partition coefficient (Wildman–Crippen LogP) is 6.47. The number of allylic oxidation sites excluding steroid dienone is 1. The van der Waals surface area contributed by atoms with Gasteiger partial charge in [-0.15, -0.1) is 0 Å². The maximum Gasteiger partial charge on any atom is 0.163 e. The molecule has 3 aromatic carbocycles. The van der Waals surface area contributed by atoms with Crippen molar-refractivity contribution in [2.24, 2.45) is 0 Å². The molecule has 0 saturated heterocycles. The molecule has 6 heteroatoms. The van der Waals surface area contributed by atoms with Crippen LogP contribution in [0.4, 0.5) is 15.8 Å². The van der Waals surface area contributed by atoms with E-state index in [1.54, 1.807) is 19.2 Å². The molecule has 0 radical (unpaired) electrons. The highest BCUT2D eigenvalue weighted by Gasteiger charge is 2.37. The number of anilines is 2. The normalized spacial score (nSPS) is 19.9. The third-order valence-corrected chi connectivity index (χ3v) is 6.51. The molecule has 162 valence electrons. The van der Waals surface area contributed by atoms with Crippen LogP contribution >= 0.6 is 11.6 Å². The molecule has 0 fully saturated rings. The second-order valence-electron chi connectivity index (χ2n) is 8.08. The highest BCUT2D eigenvalue weighted by molar-refractivity contribution is 6.31. The molecule has 1 aliphatic carbocycles. The first kappa shape index (κ1) is 20.6. The molecule has 5 rings (SSSR count). The van der Waals surface area contributed by atoms with Gasteiger partial charge in [-0.2, -0.15) is 0 Å². The largest absolute Gasteiger partial charge is 0.497 e. The fraction of sp³-hybridized carbons (Fsp3) is 0.192. The van der Waals surface area contributed by atoms with Crippen molar-refractivity contribution in [1.29, 1.82) is 0 Å². The number of carbonyl (C=O) groups is 1. The molecule has 2 aliphatic rings. The second kappa shape index (κ2) is 8.32. The minimum absolute atomic E-state index is 0.0154. The van der Waals surface area contributed by atoms with E-state index in [1.165, 1.54) is 6.07 Å². The van der Waals surface area contributed by atoms with Crippen molar-refractivity contribution in [2.75, 3.05) is 17.7 Å².